The highest BCUT2D eigenvalue weighted by Crippen LogP contribution is 2.32. The summed E-state index contributed by atoms with van der Waals surface area (Å²) in [6, 6.07) is 17.9. The standard InChI is InChI=1S/C34H45N3O5/c1-7-9-14-21-37(32(40)29(23(3)8-2)36-33(41)42-34(4,5)6)30(27-17-12-13-18-28(27)38)31(39)35-26-20-19-24-15-10-11-16-25(24)22-26/h10-13,15-20,22-23,29-30,38H,7-9,14,21H2,1-6H3,(H,35,39)(H,36,41). The number of carbonyl (C=O) groups excluding carboxylic acids is 3. The number of hydrogen-bond acceptors (Lipinski definition) is 5. The van der Waals surface area contributed by atoms with Crippen molar-refractivity contribution in [2.24, 2.45) is 5.92 Å². The van der Waals surface area contributed by atoms with Gasteiger partial charge in [0.05, 0.1) is 0 Å². The molecule has 0 aliphatic rings. The molecule has 3 unspecified atom stereocenters. The first-order valence-corrected chi connectivity index (χ1v) is 14.8. The van der Waals surface area contributed by atoms with Gasteiger partial charge in [-0.25, -0.2) is 4.79 Å². The van der Waals surface area contributed by atoms with Crippen molar-refractivity contribution in [1.82, 2.24) is 10.2 Å². The minimum atomic E-state index is -1.14. The van der Waals surface area contributed by atoms with Gasteiger partial charge in [-0.15, -0.1) is 0 Å². The number of amides is 3. The fourth-order valence-corrected chi connectivity index (χ4v) is 4.84. The Labute approximate surface area is 249 Å². The maximum atomic E-state index is 14.4. The van der Waals surface area contributed by atoms with E-state index in [0.29, 0.717) is 24.1 Å². The molecule has 0 aliphatic carbocycles. The van der Waals surface area contributed by atoms with Crippen molar-refractivity contribution in [2.45, 2.75) is 84.9 Å². The van der Waals surface area contributed by atoms with E-state index in [1.807, 2.05) is 56.3 Å². The van der Waals surface area contributed by atoms with Crippen LogP contribution in [0.2, 0.25) is 0 Å². The van der Waals surface area contributed by atoms with Gasteiger partial charge in [0.1, 0.15) is 23.4 Å². The molecule has 0 radical (unpaired) electrons. The molecule has 0 spiro atoms. The number of ether oxygens (including phenoxy) is 1. The summed E-state index contributed by atoms with van der Waals surface area (Å²) in [5.41, 5.74) is 0.137. The zero-order valence-corrected chi connectivity index (χ0v) is 25.6. The number of carbonyl (C=O) groups is 3. The predicted octanol–water partition coefficient (Wildman–Crippen LogP) is 7.18. The third kappa shape index (κ3) is 8.71. The van der Waals surface area contributed by atoms with E-state index in [4.69, 9.17) is 4.74 Å². The minimum absolute atomic E-state index is 0.0929. The molecule has 0 aromatic heterocycles. The van der Waals surface area contributed by atoms with Crippen molar-refractivity contribution in [1.29, 1.82) is 0 Å². The number of alkyl carbamates (subject to hydrolysis) is 1. The van der Waals surface area contributed by atoms with Gasteiger partial charge in [-0.05, 0) is 62.1 Å². The van der Waals surface area contributed by atoms with Crippen molar-refractivity contribution in [3.05, 3.63) is 72.3 Å². The van der Waals surface area contributed by atoms with Crippen molar-refractivity contribution < 1.29 is 24.2 Å². The van der Waals surface area contributed by atoms with Crippen LogP contribution in [-0.4, -0.2) is 46.1 Å². The van der Waals surface area contributed by atoms with E-state index in [0.717, 1.165) is 23.6 Å². The number of benzene rings is 3. The number of nitrogens with one attached hydrogen (secondary N) is 2. The highest BCUT2D eigenvalue weighted by Gasteiger charge is 2.39. The number of para-hydroxylation sites is 1. The van der Waals surface area contributed by atoms with Crippen LogP contribution in [0.1, 0.15) is 78.8 Å². The molecular formula is C34H45N3O5. The monoisotopic (exact) mass is 575 g/mol. The number of nitrogens with zero attached hydrogens (tertiary/aromatic N) is 1. The quantitative estimate of drug-likeness (QED) is 0.198. The van der Waals surface area contributed by atoms with Gasteiger partial charge in [0, 0.05) is 17.8 Å². The summed E-state index contributed by atoms with van der Waals surface area (Å²) in [6.07, 6.45) is 2.32. The normalized spacial score (nSPS) is 13.6. The average molecular weight is 576 g/mol. The van der Waals surface area contributed by atoms with Gasteiger partial charge in [0.2, 0.25) is 5.91 Å². The summed E-state index contributed by atoms with van der Waals surface area (Å²) in [5.74, 6) is -1.21. The third-order valence-electron chi connectivity index (χ3n) is 7.25. The van der Waals surface area contributed by atoms with Crippen LogP contribution in [0.4, 0.5) is 10.5 Å². The number of anilines is 1. The van der Waals surface area contributed by atoms with E-state index in [9.17, 15) is 19.5 Å². The fourth-order valence-electron chi connectivity index (χ4n) is 4.84. The van der Waals surface area contributed by atoms with Crippen molar-refractivity contribution in [3.8, 4) is 5.75 Å². The minimum Gasteiger partial charge on any atom is -0.508 e. The summed E-state index contributed by atoms with van der Waals surface area (Å²) < 4.78 is 5.48. The maximum absolute atomic E-state index is 14.4. The van der Waals surface area contributed by atoms with Crippen LogP contribution in [0, 0.1) is 5.92 Å². The lowest BCUT2D eigenvalue weighted by Crippen LogP contribution is -2.55. The molecule has 226 valence electrons. The van der Waals surface area contributed by atoms with E-state index in [1.165, 1.54) is 11.0 Å². The second-order valence-electron chi connectivity index (χ2n) is 11.8. The second-order valence-corrected chi connectivity index (χ2v) is 11.8. The summed E-state index contributed by atoms with van der Waals surface area (Å²) in [6.45, 7) is 11.4. The Balaban J connectivity index is 2.05. The van der Waals surface area contributed by atoms with Crippen molar-refractivity contribution in [2.75, 3.05) is 11.9 Å². The first kappa shape index (κ1) is 32.4. The highest BCUT2D eigenvalue weighted by molar-refractivity contribution is 6.00. The van der Waals surface area contributed by atoms with Gasteiger partial charge < -0.3 is 25.4 Å². The number of phenols is 1. The molecular weight excluding hydrogens is 530 g/mol. The molecule has 0 bridgehead atoms. The summed E-state index contributed by atoms with van der Waals surface area (Å²) in [7, 11) is 0. The van der Waals surface area contributed by atoms with E-state index < -0.39 is 35.6 Å². The van der Waals surface area contributed by atoms with Crippen molar-refractivity contribution >= 4 is 34.4 Å². The van der Waals surface area contributed by atoms with Crippen LogP contribution in [-0.2, 0) is 14.3 Å². The van der Waals surface area contributed by atoms with Gasteiger partial charge in [-0.2, -0.15) is 0 Å². The van der Waals surface area contributed by atoms with Crippen LogP contribution in [0.3, 0.4) is 0 Å². The Kier molecular flexibility index (Phi) is 11.4. The Morgan fingerprint density at radius 3 is 2.24 bits per heavy atom. The van der Waals surface area contributed by atoms with E-state index >= 15 is 0 Å². The maximum Gasteiger partial charge on any atom is 0.408 e. The smallest absolute Gasteiger partial charge is 0.408 e. The number of fused-ring (bicyclic) bond motifs is 1. The van der Waals surface area contributed by atoms with Crippen LogP contribution in [0.5, 0.6) is 5.75 Å². The zero-order valence-electron chi connectivity index (χ0n) is 25.6. The van der Waals surface area contributed by atoms with Gasteiger partial charge >= 0.3 is 6.09 Å². The lowest BCUT2D eigenvalue weighted by molar-refractivity contribution is -0.142. The largest absolute Gasteiger partial charge is 0.508 e. The molecule has 3 N–H and O–H groups in total. The van der Waals surface area contributed by atoms with Gasteiger partial charge in [0.15, 0.2) is 0 Å². The average Bonchev–Trinajstić information content (AvgIpc) is 2.94. The van der Waals surface area contributed by atoms with E-state index in [2.05, 4.69) is 17.6 Å². The Bertz CT molecular complexity index is 1370. The summed E-state index contributed by atoms with van der Waals surface area (Å²) in [4.78, 5) is 42.8. The molecule has 3 rings (SSSR count). The molecule has 3 aromatic carbocycles. The summed E-state index contributed by atoms with van der Waals surface area (Å²) in [5, 5.41) is 18.7. The topological polar surface area (TPSA) is 108 Å². The van der Waals surface area contributed by atoms with E-state index in [1.54, 1.807) is 39.0 Å². The predicted molar refractivity (Wildman–Crippen MR) is 167 cm³/mol. The first-order chi connectivity index (χ1) is 19.9. The number of rotatable bonds is 12. The SMILES string of the molecule is CCCCCN(C(=O)C(NC(=O)OC(C)(C)C)C(C)CC)C(C(=O)Nc1ccc2ccccc2c1)c1ccccc1O. The molecule has 3 atom stereocenters. The Hall–Kier alpha value is -4.07. The van der Waals surface area contributed by atoms with Gasteiger partial charge in [-0.3, -0.25) is 9.59 Å². The lowest BCUT2D eigenvalue weighted by atomic mass is 9.95. The molecule has 0 fully saturated rings. The Morgan fingerprint density at radius 2 is 1.60 bits per heavy atom. The van der Waals surface area contributed by atoms with Crippen LogP contribution >= 0.6 is 0 Å². The first-order valence-electron chi connectivity index (χ1n) is 14.8. The van der Waals surface area contributed by atoms with Gasteiger partial charge in [-0.1, -0.05) is 88.6 Å². The number of hydrogen-bond donors (Lipinski definition) is 3. The summed E-state index contributed by atoms with van der Waals surface area (Å²) >= 11 is 0. The molecule has 42 heavy (non-hydrogen) atoms. The Morgan fingerprint density at radius 1 is 0.929 bits per heavy atom. The molecule has 8 nitrogen and oxygen atoms in total. The van der Waals surface area contributed by atoms with Crippen molar-refractivity contribution in [3.63, 3.8) is 0 Å². The molecule has 0 saturated carbocycles. The fraction of sp³-hybridized carbons (Fsp3) is 0.441. The lowest BCUT2D eigenvalue weighted by Gasteiger charge is -2.36. The van der Waals surface area contributed by atoms with E-state index in [-0.39, 0.29) is 18.2 Å². The number of aromatic hydroxyl groups is 1. The van der Waals surface area contributed by atoms with Crippen LogP contribution in [0.15, 0.2) is 66.7 Å². The highest BCUT2D eigenvalue weighted by atomic mass is 16.6. The second kappa shape index (κ2) is 14.7. The van der Waals surface area contributed by atoms with Crippen LogP contribution in [0.25, 0.3) is 10.8 Å². The molecule has 0 saturated heterocycles. The number of unbranched alkanes of at least 4 members (excludes halogenated alkanes) is 2. The zero-order chi connectivity index (χ0) is 30.9. The van der Waals surface area contributed by atoms with Crippen LogP contribution < -0.4 is 10.6 Å². The molecule has 8 heteroatoms. The van der Waals surface area contributed by atoms with Gasteiger partial charge in [0.25, 0.3) is 5.91 Å². The molecule has 3 amide bonds. The molecule has 0 aliphatic heterocycles. The molecule has 0 heterocycles. The third-order valence-corrected chi connectivity index (χ3v) is 7.25. The molecule has 3 aromatic rings. The number of phenolic OH excluding ortho intramolecular Hbond substituents is 1.